The van der Waals surface area contributed by atoms with Gasteiger partial charge in [-0.3, -0.25) is 0 Å². The molecule has 7 heteroatoms. The zero-order chi connectivity index (χ0) is 15.0. The Morgan fingerprint density at radius 3 is 2.50 bits per heavy atom. The molecule has 1 fully saturated rings. The molecule has 1 rings (SSSR count). The van der Waals surface area contributed by atoms with Crippen molar-refractivity contribution in [2.75, 3.05) is 46.9 Å². The highest BCUT2D eigenvalue weighted by Gasteiger charge is 2.24. The molecule has 0 unspecified atom stereocenters. The second kappa shape index (κ2) is 8.63. The van der Waals surface area contributed by atoms with Crippen LogP contribution in [0, 0.1) is 0 Å². The Kier molecular flexibility index (Phi) is 7.14. The Balaban J connectivity index is 2.18. The third-order valence-corrected chi connectivity index (χ3v) is 3.20. The van der Waals surface area contributed by atoms with Gasteiger partial charge in [-0.25, -0.2) is 9.59 Å². The first-order valence-electron chi connectivity index (χ1n) is 7.13. The van der Waals surface area contributed by atoms with E-state index in [-0.39, 0.29) is 18.2 Å². The summed E-state index contributed by atoms with van der Waals surface area (Å²) in [5, 5.41) is 5.76. The fourth-order valence-electron chi connectivity index (χ4n) is 2.05. The lowest BCUT2D eigenvalue weighted by Gasteiger charge is -2.31. The third-order valence-electron chi connectivity index (χ3n) is 3.20. The summed E-state index contributed by atoms with van der Waals surface area (Å²) in [6.45, 7) is 4.88. The first kappa shape index (κ1) is 16.6. The van der Waals surface area contributed by atoms with Gasteiger partial charge in [-0.15, -0.1) is 0 Å². The summed E-state index contributed by atoms with van der Waals surface area (Å²) in [6, 6.07) is -0.0125. The highest BCUT2D eigenvalue weighted by atomic mass is 16.6. The van der Waals surface area contributed by atoms with Crippen molar-refractivity contribution in [3.8, 4) is 0 Å². The van der Waals surface area contributed by atoms with Gasteiger partial charge in [-0.1, -0.05) is 0 Å². The molecule has 0 aliphatic carbocycles. The zero-order valence-electron chi connectivity index (χ0n) is 12.6. The summed E-state index contributed by atoms with van der Waals surface area (Å²) in [6.07, 6.45) is 1.27. The van der Waals surface area contributed by atoms with Crippen molar-refractivity contribution in [1.29, 1.82) is 0 Å². The van der Waals surface area contributed by atoms with E-state index in [1.807, 2.05) is 19.0 Å². The number of carbonyl (C=O) groups is 2. The van der Waals surface area contributed by atoms with Crippen molar-refractivity contribution in [3.63, 3.8) is 0 Å². The molecule has 0 spiro atoms. The quantitative estimate of drug-likeness (QED) is 0.770. The molecular weight excluding hydrogens is 260 g/mol. The number of nitrogens with zero attached hydrogens (tertiary/aromatic N) is 2. The van der Waals surface area contributed by atoms with Gasteiger partial charge in [-0.2, -0.15) is 0 Å². The van der Waals surface area contributed by atoms with Crippen molar-refractivity contribution in [2.24, 2.45) is 0 Å². The van der Waals surface area contributed by atoms with Crippen LogP contribution in [0.3, 0.4) is 0 Å². The smallest absolute Gasteiger partial charge is 0.409 e. The van der Waals surface area contributed by atoms with E-state index in [2.05, 4.69) is 10.6 Å². The van der Waals surface area contributed by atoms with Gasteiger partial charge in [0.1, 0.15) is 0 Å². The fourth-order valence-corrected chi connectivity index (χ4v) is 2.05. The van der Waals surface area contributed by atoms with Crippen LogP contribution in [0.25, 0.3) is 0 Å². The number of carbonyl (C=O) groups excluding carboxylic acids is 2. The molecule has 1 aliphatic heterocycles. The first-order valence-corrected chi connectivity index (χ1v) is 7.13. The van der Waals surface area contributed by atoms with Gasteiger partial charge in [0.05, 0.1) is 6.61 Å². The van der Waals surface area contributed by atoms with Crippen molar-refractivity contribution in [3.05, 3.63) is 0 Å². The average Bonchev–Trinajstić information content (AvgIpc) is 2.39. The summed E-state index contributed by atoms with van der Waals surface area (Å²) in [4.78, 5) is 26.9. The summed E-state index contributed by atoms with van der Waals surface area (Å²) >= 11 is 0. The number of urea groups is 1. The minimum absolute atomic E-state index is 0.125. The average molecular weight is 286 g/mol. The van der Waals surface area contributed by atoms with Crippen LogP contribution in [-0.4, -0.2) is 74.8 Å². The van der Waals surface area contributed by atoms with E-state index < -0.39 is 0 Å². The predicted octanol–water partition coefficient (Wildman–Crippen LogP) is 0.468. The largest absolute Gasteiger partial charge is 0.450 e. The van der Waals surface area contributed by atoms with Crippen molar-refractivity contribution in [1.82, 2.24) is 20.4 Å². The Bertz CT molecular complexity index is 315. The third kappa shape index (κ3) is 6.10. The molecule has 7 nitrogen and oxygen atoms in total. The van der Waals surface area contributed by atoms with E-state index in [9.17, 15) is 9.59 Å². The number of ether oxygens (including phenoxy) is 1. The summed E-state index contributed by atoms with van der Waals surface area (Å²) in [5.74, 6) is 0. The molecule has 0 aromatic carbocycles. The highest BCUT2D eigenvalue weighted by Crippen LogP contribution is 2.11. The van der Waals surface area contributed by atoms with Gasteiger partial charge in [0.25, 0.3) is 0 Å². The molecule has 0 radical (unpaired) electrons. The van der Waals surface area contributed by atoms with E-state index in [4.69, 9.17) is 4.74 Å². The highest BCUT2D eigenvalue weighted by molar-refractivity contribution is 5.74. The SMILES string of the molecule is CCOC(=O)N1CCC(NC(=O)NCCN(C)C)CC1. The molecular formula is C13H26N4O3. The van der Waals surface area contributed by atoms with Gasteiger partial charge in [-0.05, 0) is 33.9 Å². The minimum atomic E-state index is -0.263. The van der Waals surface area contributed by atoms with E-state index in [1.165, 1.54) is 0 Å². The number of likely N-dealkylation sites (tertiary alicyclic amines) is 1. The summed E-state index contributed by atoms with van der Waals surface area (Å²) < 4.78 is 4.96. The van der Waals surface area contributed by atoms with E-state index in [0.717, 1.165) is 19.4 Å². The molecule has 0 saturated carbocycles. The molecule has 1 saturated heterocycles. The molecule has 116 valence electrons. The second-order valence-corrected chi connectivity index (χ2v) is 5.16. The second-order valence-electron chi connectivity index (χ2n) is 5.16. The molecule has 0 aromatic heterocycles. The van der Waals surface area contributed by atoms with Crippen LogP contribution in [0.1, 0.15) is 19.8 Å². The summed E-state index contributed by atoms with van der Waals surface area (Å²) in [5.41, 5.74) is 0. The number of amides is 3. The fraction of sp³-hybridized carbons (Fsp3) is 0.846. The Morgan fingerprint density at radius 2 is 1.95 bits per heavy atom. The van der Waals surface area contributed by atoms with Crippen LogP contribution in [0.4, 0.5) is 9.59 Å². The van der Waals surface area contributed by atoms with Crippen molar-refractivity contribution < 1.29 is 14.3 Å². The topological polar surface area (TPSA) is 73.9 Å². The maximum Gasteiger partial charge on any atom is 0.409 e. The number of likely N-dealkylation sites (N-methyl/N-ethyl adjacent to an activating group) is 1. The molecule has 20 heavy (non-hydrogen) atoms. The monoisotopic (exact) mass is 286 g/mol. The lowest BCUT2D eigenvalue weighted by molar-refractivity contribution is 0.0957. The molecule has 3 amide bonds. The molecule has 0 atom stereocenters. The molecule has 0 aromatic rings. The standard InChI is InChI=1S/C13H26N4O3/c1-4-20-13(19)17-8-5-11(6-9-17)15-12(18)14-7-10-16(2)3/h11H,4-10H2,1-3H3,(H2,14,15,18). The first-order chi connectivity index (χ1) is 9.52. The summed E-state index contributed by atoms with van der Waals surface area (Å²) in [7, 11) is 3.93. The van der Waals surface area contributed by atoms with Crippen LogP contribution in [0.5, 0.6) is 0 Å². The van der Waals surface area contributed by atoms with Crippen LogP contribution in [0.15, 0.2) is 0 Å². The lowest BCUT2D eigenvalue weighted by atomic mass is 10.1. The number of rotatable bonds is 5. The van der Waals surface area contributed by atoms with E-state index in [0.29, 0.717) is 26.2 Å². The maximum absolute atomic E-state index is 11.7. The Morgan fingerprint density at radius 1 is 1.30 bits per heavy atom. The van der Waals surface area contributed by atoms with Crippen LogP contribution < -0.4 is 10.6 Å². The van der Waals surface area contributed by atoms with Gasteiger partial charge in [0, 0.05) is 32.2 Å². The van der Waals surface area contributed by atoms with E-state index >= 15 is 0 Å². The normalized spacial score (nSPS) is 16.1. The lowest BCUT2D eigenvalue weighted by Crippen LogP contribution is -2.49. The van der Waals surface area contributed by atoms with Crippen LogP contribution in [-0.2, 0) is 4.74 Å². The Hall–Kier alpha value is -1.50. The predicted molar refractivity (Wildman–Crippen MR) is 76.7 cm³/mol. The van der Waals surface area contributed by atoms with Crippen molar-refractivity contribution >= 4 is 12.1 Å². The minimum Gasteiger partial charge on any atom is -0.450 e. The van der Waals surface area contributed by atoms with Gasteiger partial charge in [0.2, 0.25) is 0 Å². The number of nitrogens with one attached hydrogen (secondary N) is 2. The molecule has 0 bridgehead atoms. The number of piperidine rings is 1. The number of hydrogen-bond donors (Lipinski definition) is 2. The van der Waals surface area contributed by atoms with Gasteiger partial charge in [0.15, 0.2) is 0 Å². The van der Waals surface area contributed by atoms with Gasteiger partial charge >= 0.3 is 12.1 Å². The van der Waals surface area contributed by atoms with Crippen LogP contribution in [0.2, 0.25) is 0 Å². The molecule has 1 aliphatic rings. The van der Waals surface area contributed by atoms with Gasteiger partial charge < -0.3 is 25.2 Å². The van der Waals surface area contributed by atoms with Crippen molar-refractivity contribution in [2.45, 2.75) is 25.8 Å². The molecule has 2 N–H and O–H groups in total. The maximum atomic E-state index is 11.7. The molecule has 1 heterocycles. The van der Waals surface area contributed by atoms with E-state index in [1.54, 1.807) is 11.8 Å². The Labute approximate surface area is 120 Å². The number of hydrogen-bond acceptors (Lipinski definition) is 4. The van der Waals surface area contributed by atoms with Crippen LogP contribution >= 0.6 is 0 Å². The zero-order valence-corrected chi connectivity index (χ0v) is 12.6.